The molecule has 1 aliphatic carbocycles. The Bertz CT molecular complexity index is 472. The second kappa shape index (κ2) is 5.85. The molecule has 118 valence electrons. The van der Waals surface area contributed by atoms with Gasteiger partial charge in [0.2, 0.25) is 0 Å². The molecular formula is C14H20F3N3S. The lowest BCUT2D eigenvalue weighted by Crippen LogP contribution is -2.61. The summed E-state index contributed by atoms with van der Waals surface area (Å²) in [5, 5.41) is 2.73. The molecule has 21 heavy (non-hydrogen) atoms. The summed E-state index contributed by atoms with van der Waals surface area (Å²) >= 11 is 0.783. The van der Waals surface area contributed by atoms with Crippen LogP contribution in [0.1, 0.15) is 42.0 Å². The van der Waals surface area contributed by atoms with Gasteiger partial charge in [0, 0.05) is 42.8 Å². The van der Waals surface area contributed by atoms with E-state index in [2.05, 4.69) is 15.2 Å². The molecule has 2 aliphatic rings. The molecule has 3 rings (SSSR count). The zero-order valence-corrected chi connectivity index (χ0v) is 12.7. The SMILES string of the molecule is FC(F)(F)c1ncc(CN2CCNCC23CCCCC3)s1. The molecule has 0 amide bonds. The lowest BCUT2D eigenvalue weighted by Gasteiger charge is -2.49. The maximum absolute atomic E-state index is 12.7. The van der Waals surface area contributed by atoms with Crippen molar-refractivity contribution >= 4 is 11.3 Å². The summed E-state index contributed by atoms with van der Waals surface area (Å²) in [5.41, 5.74) is 0.138. The van der Waals surface area contributed by atoms with E-state index in [4.69, 9.17) is 0 Å². The monoisotopic (exact) mass is 319 g/mol. The third kappa shape index (κ3) is 3.24. The molecule has 1 aromatic heterocycles. The third-order valence-corrected chi connectivity index (χ3v) is 5.64. The summed E-state index contributed by atoms with van der Waals surface area (Å²) in [6.07, 6.45) is 3.06. The van der Waals surface area contributed by atoms with Crippen LogP contribution in [0.2, 0.25) is 0 Å². The van der Waals surface area contributed by atoms with E-state index in [1.807, 2.05) is 0 Å². The standard InChI is InChI=1S/C14H20F3N3S/c15-14(16,17)12-19-8-11(21-12)9-20-7-6-18-10-13(20)4-2-1-3-5-13/h8,18H,1-7,9-10H2. The Hall–Kier alpha value is -0.660. The van der Waals surface area contributed by atoms with Crippen LogP contribution in [0.15, 0.2) is 6.20 Å². The van der Waals surface area contributed by atoms with Gasteiger partial charge in [0.1, 0.15) is 0 Å². The van der Waals surface area contributed by atoms with Gasteiger partial charge in [-0.3, -0.25) is 4.90 Å². The summed E-state index contributed by atoms with van der Waals surface area (Å²) < 4.78 is 38.0. The minimum atomic E-state index is -4.32. The first-order valence-corrected chi connectivity index (χ1v) is 8.29. The van der Waals surface area contributed by atoms with E-state index in [-0.39, 0.29) is 5.54 Å². The number of hydrogen-bond donors (Lipinski definition) is 1. The van der Waals surface area contributed by atoms with Crippen molar-refractivity contribution in [1.29, 1.82) is 0 Å². The van der Waals surface area contributed by atoms with E-state index >= 15 is 0 Å². The van der Waals surface area contributed by atoms with Crippen LogP contribution in [0.5, 0.6) is 0 Å². The van der Waals surface area contributed by atoms with Gasteiger partial charge in [-0.1, -0.05) is 19.3 Å². The quantitative estimate of drug-likeness (QED) is 0.907. The predicted molar refractivity (Wildman–Crippen MR) is 76.2 cm³/mol. The smallest absolute Gasteiger partial charge is 0.314 e. The summed E-state index contributed by atoms with van der Waals surface area (Å²) in [6.45, 7) is 3.36. The Kier molecular flexibility index (Phi) is 4.25. The highest BCUT2D eigenvalue weighted by atomic mass is 32.1. The average Bonchev–Trinajstić information content (AvgIpc) is 2.91. The van der Waals surface area contributed by atoms with Crippen molar-refractivity contribution in [3.8, 4) is 0 Å². The lowest BCUT2D eigenvalue weighted by molar-refractivity contribution is -0.137. The molecule has 7 heteroatoms. The van der Waals surface area contributed by atoms with Crippen molar-refractivity contribution in [1.82, 2.24) is 15.2 Å². The Balaban J connectivity index is 1.74. The fraction of sp³-hybridized carbons (Fsp3) is 0.786. The Morgan fingerprint density at radius 1 is 1.29 bits per heavy atom. The van der Waals surface area contributed by atoms with Crippen LogP contribution >= 0.6 is 11.3 Å². The second-order valence-electron chi connectivity index (χ2n) is 6.01. The van der Waals surface area contributed by atoms with Crippen LogP contribution in [-0.4, -0.2) is 35.1 Å². The number of nitrogens with one attached hydrogen (secondary N) is 1. The van der Waals surface area contributed by atoms with Gasteiger partial charge < -0.3 is 5.32 Å². The highest BCUT2D eigenvalue weighted by Crippen LogP contribution is 2.37. The van der Waals surface area contributed by atoms with E-state index in [0.29, 0.717) is 11.4 Å². The molecule has 2 fully saturated rings. The zero-order chi connectivity index (χ0) is 14.9. The van der Waals surface area contributed by atoms with Crippen LogP contribution in [0.3, 0.4) is 0 Å². The molecule has 2 heterocycles. The number of nitrogens with zero attached hydrogens (tertiary/aromatic N) is 2. The number of halogens is 3. The van der Waals surface area contributed by atoms with E-state index < -0.39 is 11.2 Å². The molecule has 0 aromatic carbocycles. The minimum absolute atomic E-state index is 0.138. The molecule has 1 aliphatic heterocycles. The molecule has 0 unspecified atom stereocenters. The summed E-state index contributed by atoms with van der Waals surface area (Å²) in [5.74, 6) is 0. The van der Waals surface area contributed by atoms with E-state index in [1.165, 1.54) is 25.5 Å². The Morgan fingerprint density at radius 2 is 2.05 bits per heavy atom. The maximum atomic E-state index is 12.7. The van der Waals surface area contributed by atoms with Crippen molar-refractivity contribution in [3.05, 3.63) is 16.1 Å². The normalized spacial score (nSPS) is 23.6. The van der Waals surface area contributed by atoms with Gasteiger partial charge >= 0.3 is 6.18 Å². The fourth-order valence-corrected chi connectivity index (χ4v) is 4.33. The zero-order valence-electron chi connectivity index (χ0n) is 11.9. The fourth-order valence-electron chi connectivity index (χ4n) is 3.53. The Labute approximate surface area is 126 Å². The molecule has 3 nitrogen and oxygen atoms in total. The highest BCUT2D eigenvalue weighted by Gasteiger charge is 2.40. The first-order chi connectivity index (χ1) is 10.00. The van der Waals surface area contributed by atoms with Crippen LogP contribution in [0.25, 0.3) is 0 Å². The largest absolute Gasteiger partial charge is 0.443 e. The average molecular weight is 319 g/mol. The van der Waals surface area contributed by atoms with Gasteiger partial charge in [0.05, 0.1) is 0 Å². The summed E-state index contributed by atoms with van der Waals surface area (Å²) in [6, 6.07) is 0. The third-order valence-electron chi connectivity index (χ3n) is 4.61. The molecule has 0 radical (unpaired) electrons. The molecule has 0 bridgehead atoms. The molecule has 1 N–H and O–H groups in total. The first-order valence-electron chi connectivity index (χ1n) is 7.47. The van der Waals surface area contributed by atoms with Crippen molar-refractivity contribution in [2.75, 3.05) is 19.6 Å². The maximum Gasteiger partial charge on any atom is 0.443 e. The number of thiazole rings is 1. The lowest BCUT2D eigenvalue weighted by atomic mass is 9.79. The summed E-state index contributed by atoms with van der Waals surface area (Å²) in [4.78, 5) is 6.64. The Morgan fingerprint density at radius 3 is 2.71 bits per heavy atom. The van der Waals surface area contributed by atoms with E-state index in [0.717, 1.165) is 43.8 Å². The number of piperazine rings is 1. The van der Waals surface area contributed by atoms with Crippen molar-refractivity contribution in [2.24, 2.45) is 0 Å². The van der Waals surface area contributed by atoms with Crippen LogP contribution in [0, 0.1) is 0 Å². The first kappa shape index (κ1) is 15.2. The number of rotatable bonds is 2. The predicted octanol–water partition coefficient (Wildman–Crippen LogP) is 3.27. The second-order valence-corrected chi connectivity index (χ2v) is 7.13. The van der Waals surface area contributed by atoms with Crippen molar-refractivity contribution in [3.63, 3.8) is 0 Å². The molecular weight excluding hydrogens is 299 g/mol. The van der Waals surface area contributed by atoms with Crippen LogP contribution < -0.4 is 5.32 Å². The molecule has 1 aromatic rings. The molecule has 1 saturated carbocycles. The van der Waals surface area contributed by atoms with Gasteiger partial charge in [0.15, 0.2) is 5.01 Å². The summed E-state index contributed by atoms with van der Waals surface area (Å²) in [7, 11) is 0. The van der Waals surface area contributed by atoms with Gasteiger partial charge in [-0.25, -0.2) is 4.98 Å². The van der Waals surface area contributed by atoms with E-state index in [9.17, 15) is 13.2 Å². The topological polar surface area (TPSA) is 28.2 Å². The van der Waals surface area contributed by atoms with Crippen LogP contribution in [0.4, 0.5) is 13.2 Å². The molecule has 1 saturated heterocycles. The highest BCUT2D eigenvalue weighted by molar-refractivity contribution is 7.11. The molecule has 1 spiro atoms. The number of aromatic nitrogens is 1. The van der Waals surface area contributed by atoms with Gasteiger partial charge in [-0.2, -0.15) is 13.2 Å². The van der Waals surface area contributed by atoms with Gasteiger partial charge in [-0.05, 0) is 12.8 Å². The van der Waals surface area contributed by atoms with Crippen molar-refractivity contribution < 1.29 is 13.2 Å². The number of alkyl halides is 3. The number of hydrogen-bond acceptors (Lipinski definition) is 4. The van der Waals surface area contributed by atoms with Gasteiger partial charge in [0.25, 0.3) is 0 Å². The molecule has 0 atom stereocenters. The van der Waals surface area contributed by atoms with Crippen molar-refractivity contribution in [2.45, 2.75) is 50.4 Å². The minimum Gasteiger partial charge on any atom is -0.314 e. The van der Waals surface area contributed by atoms with E-state index in [1.54, 1.807) is 0 Å². The van der Waals surface area contributed by atoms with Gasteiger partial charge in [-0.15, -0.1) is 11.3 Å². The van der Waals surface area contributed by atoms with Crippen LogP contribution in [-0.2, 0) is 12.7 Å².